The number of nitrogens with one attached hydrogen (secondary N) is 1. The number of aromatic amines is 1. The Bertz CT molecular complexity index is 847. The summed E-state index contributed by atoms with van der Waals surface area (Å²) < 4.78 is 2.22. The zero-order valence-corrected chi connectivity index (χ0v) is 12.1. The lowest BCUT2D eigenvalue weighted by atomic mass is 10.1. The Morgan fingerprint density at radius 1 is 1.10 bits per heavy atom. The first-order valence-electron chi connectivity index (χ1n) is 6.33. The van der Waals surface area contributed by atoms with Gasteiger partial charge in [-0.1, -0.05) is 18.2 Å². The number of para-hydroxylation sites is 1. The lowest BCUT2D eigenvalue weighted by molar-refractivity contribution is 0.451. The Labute approximate surface area is 126 Å². The largest absolute Gasteiger partial charge is 0.508 e. The van der Waals surface area contributed by atoms with Crippen LogP contribution in [0.2, 0.25) is 0 Å². The third-order valence-corrected chi connectivity index (χ3v) is 3.46. The molecule has 5 nitrogen and oxygen atoms in total. The normalized spacial score (nSPS) is 10.7. The molecule has 0 atom stereocenters. The Morgan fingerprint density at radius 3 is 2.43 bits per heavy atom. The number of phenolic OH excluding ortho intramolecular Hbond substituents is 2. The Hall–Kier alpha value is -2.60. The summed E-state index contributed by atoms with van der Waals surface area (Å²) in [7, 11) is 0. The van der Waals surface area contributed by atoms with E-state index in [1.165, 1.54) is 18.2 Å². The third kappa shape index (κ3) is 2.41. The second-order valence-corrected chi connectivity index (χ2v) is 5.10. The maximum absolute atomic E-state index is 9.64. The molecule has 0 unspecified atom stereocenters. The van der Waals surface area contributed by atoms with Gasteiger partial charge in [-0.15, -0.1) is 0 Å². The molecule has 0 aliphatic rings. The summed E-state index contributed by atoms with van der Waals surface area (Å²) in [5, 5.41) is 26.3. The van der Waals surface area contributed by atoms with Crippen LogP contribution in [0.15, 0.2) is 42.5 Å². The van der Waals surface area contributed by atoms with Crippen LogP contribution in [0, 0.1) is 11.7 Å². The first-order valence-corrected chi connectivity index (χ1v) is 6.74. The molecule has 0 saturated carbocycles. The van der Waals surface area contributed by atoms with Crippen LogP contribution >= 0.6 is 12.2 Å². The molecule has 0 saturated heterocycles. The van der Waals surface area contributed by atoms with E-state index in [-0.39, 0.29) is 11.5 Å². The first kappa shape index (κ1) is 13.4. The fraction of sp³-hybridized carbons (Fsp3) is 0.0667. The van der Waals surface area contributed by atoms with Crippen molar-refractivity contribution in [1.29, 1.82) is 0 Å². The van der Waals surface area contributed by atoms with Gasteiger partial charge in [0.2, 0.25) is 0 Å². The monoisotopic (exact) mass is 299 g/mol. The van der Waals surface area contributed by atoms with E-state index in [0.717, 1.165) is 11.3 Å². The van der Waals surface area contributed by atoms with Crippen molar-refractivity contribution in [3.8, 4) is 28.6 Å². The van der Waals surface area contributed by atoms with Crippen LogP contribution in [0.5, 0.6) is 11.5 Å². The number of rotatable bonds is 2. The van der Waals surface area contributed by atoms with E-state index in [4.69, 9.17) is 12.2 Å². The van der Waals surface area contributed by atoms with E-state index in [1.54, 1.807) is 4.57 Å². The first-order chi connectivity index (χ1) is 10.1. The van der Waals surface area contributed by atoms with E-state index in [2.05, 4.69) is 10.2 Å². The molecule has 21 heavy (non-hydrogen) atoms. The number of phenols is 2. The molecule has 0 bridgehead atoms. The van der Waals surface area contributed by atoms with Gasteiger partial charge in [-0.05, 0) is 42.9 Å². The molecule has 1 aromatic heterocycles. The molecule has 0 fully saturated rings. The maximum Gasteiger partial charge on any atom is 0.200 e. The summed E-state index contributed by atoms with van der Waals surface area (Å²) in [4.78, 5) is 0. The summed E-state index contributed by atoms with van der Waals surface area (Å²) in [5.41, 5.74) is 2.51. The van der Waals surface area contributed by atoms with Crippen LogP contribution in [-0.4, -0.2) is 25.0 Å². The lowest BCUT2D eigenvalue weighted by Crippen LogP contribution is -2.00. The second-order valence-electron chi connectivity index (χ2n) is 4.71. The van der Waals surface area contributed by atoms with Crippen LogP contribution in [0.1, 0.15) is 5.56 Å². The highest BCUT2D eigenvalue weighted by atomic mass is 32.1. The van der Waals surface area contributed by atoms with Crippen LogP contribution in [0.3, 0.4) is 0 Å². The van der Waals surface area contributed by atoms with Crippen molar-refractivity contribution in [2.75, 3.05) is 0 Å². The predicted molar refractivity (Wildman–Crippen MR) is 82.3 cm³/mol. The van der Waals surface area contributed by atoms with Crippen LogP contribution in [-0.2, 0) is 0 Å². The van der Waals surface area contributed by atoms with Crippen molar-refractivity contribution in [3.63, 3.8) is 0 Å². The van der Waals surface area contributed by atoms with Crippen molar-refractivity contribution in [3.05, 3.63) is 52.8 Å². The molecule has 0 aliphatic carbocycles. The molecular weight excluding hydrogens is 286 g/mol. The number of aromatic hydroxyl groups is 2. The molecule has 106 valence electrons. The number of hydrogen-bond donors (Lipinski definition) is 3. The second kappa shape index (κ2) is 5.06. The summed E-state index contributed by atoms with van der Waals surface area (Å²) in [6.45, 7) is 1.98. The predicted octanol–water partition coefficient (Wildman–Crippen LogP) is 3.32. The van der Waals surface area contributed by atoms with Gasteiger partial charge in [0.1, 0.15) is 11.5 Å². The minimum atomic E-state index is -0.0322. The molecule has 3 aromatic rings. The highest BCUT2D eigenvalue weighted by molar-refractivity contribution is 7.71. The Balaban J connectivity index is 2.27. The summed E-state index contributed by atoms with van der Waals surface area (Å²) in [5.74, 6) is 0.464. The molecule has 2 aromatic carbocycles. The molecule has 1 heterocycles. The number of hydrogen-bond acceptors (Lipinski definition) is 4. The molecular formula is C15H13N3O2S. The smallest absolute Gasteiger partial charge is 0.200 e. The van der Waals surface area contributed by atoms with Gasteiger partial charge in [-0.25, -0.2) is 0 Å². The van der Waals surface area contributed by atoms with E-state index in [0.29, 0.717) is 16.2 Å². The van der Waals surface area contributed by atoms with Crippen LogP contribution in [0.25, 0.3) is 17.1 Å². The molecule has 6 heteroatoms. The highest BCUT2D eigenvalue weighted by Gasteiger charge is 2.13. The van der Waals surface area contributed by atoms with Gasteiger partial charge >= 0.3 is 0 Å². The van der Waals surface area contributed by atoms with Crippen LogP contribution < -0.4 is 0 Å². The zero-order chi connectivity index (χ0) is 15.0. The van der Waals surface area contributed by atoms with Crippen LogP contribution in [0.4, 0.5) is 0 Å². The van der Waals surface area contributed by atoms with Gasteiger partial charge in [-0.3, -0.25) is 9.67 Å². The average Bonchev–Trinajstić information content (AvgIpc) is 2.80. The molecule has 0 spiro atoms. The Kier molecular flexibility index (Phi) is 3.23. The van der Waals surface area contributed by atoms with Gasteiger partial charge in [0.05, 0.1) is 5.69 Å². The van der Waals surface area contributed by atoms with Gasteiger partial charge < -0.3 is 10.2 Å². The molecule has 3 N–H and O–H groups in total. The van der Waals surface area contributed by atoms with E-state index < -0.39 is 0 Å². The van der Waals surface area contributed by atoms with Gasteiger partial charge in [0, 0.05) is 11.6 Å². The minimum Gasteiger partial charge on any atom is -0.508 e. The van der Waals surface area contributed by atoms with E-state index in [1.807, 2.05) is 31.2 Å². The highest BCUT2D eigenvalue weighted by Crippen LogP contribution is 2.29. The Morgan fingerprint density at radius 2 is 1.76 bits per heavy atom. The van der Waals surface area contributed by atoms with Gasteiger partial charge in [0.15, 0.2) is 10.6 Å². The zero-order valence-electron chi connectivity index (χ0n) is 11.2. The average molecular weight is 299 g/mol. The molecule has 3 rings (SSSR count). The van der Waals surface area contributed by atoms with Crippen molar-refractivity contribution < 1.29 is 10.2 Å². The topological polar surface area (TPSA) is 74.1 Å². The summed E-state index contributed by atoms with van der Waals surface area (Å²) in [6.07, 6.45) is 0. The third-order valence-electron chi connectivity index (χ3n) is 3.19. The maximum atomic E-state index is 9.64. The van der Waals surface area contributed by atoms with E-state index in [9.17, 15) is 10.2 Å². The summed E-state index contributed by atoms with van der Waals surface area (Å²) >= 11 is 5.30. The summed E-state index contributed by atoms with van der Waals surface area (Å²) in [6, 6.07) is 12.1. The number of H-pyrrole nitrogens is 1. The quantitative estimate of drug-likeness (QED) is 0.635. The molecule has 0 aliphatic heterocycles. The van der Waals surface area contributed by atoms with Gasteiger partial charge in [-0.2, -0.15) is 5.10 Å². The van der Waals surface area contributed by atoms with Gasteiger partial charge in [0.25, 0.3) is 0 Å². The lowest BCUT2D eigenvalue weighted by Gasteiger charge is -2.10. The number of nitrogens with zero attached hydrogens (tertiary/aromatic N) is 2. The standard InChI is InChI=1S/C15H13N3O2S/c1-9-4-2-3-5-13(9)18-14(16-17-15(18)21)10-6-11(19)8-12(20)7-10/h2-8,19-20H,1H3,(H,17,21). The molecule has 0 radical (unpaired) electrons. The minimum absolute atomic E-state index is 0.0322. The SMILES string of the molecule is Cc1ccccc1-n1c(-c2cc(O)cc(O)c2)n[nH]c1=S. The van der Waals surface area contributed by atoms with Crippen molar-refractivity contribution in [2.45, 2.75) is 6.92 Å². The molecule has 0 amide bonds. The fourth-order valence-electron chi connectivity index (χ4n) is 2.25. The fourth-order valence-corrected chi connectivity index (χ4v) is 2.48. The van der Waals surface area contributed by atoms with Crippen molar-refractivity contribution in [2.24, 2.45) is 0 Å². The number of benzene rings is 2. The number of aromatic nitrogens is 3. The number of aryl methyl sites for hydroxylation is 1. The van der Waals surface area contributed by atoms with Crippen molar-refractivity contribution in [1.82, 2.24) is 14.8 Å². The van der Waals surface area contributed by atoms with E-state index >= 15 is 0 Å². The van der Waals surface area contributed by atoms with Crippen molar-refractivity contribution >= 4 is 12.2 Å².